The van der Waals surface area contributed by atoms with Gasteiger partial charge >= 0.3 is 5.97 Å². The Labute approximate surface area is 59.2 Å². The van der Waals surface area contributed by atoms with Crippen LogP contribution in [-0.4, -0.2) is 17.1 Å². The summed E-state index contributed by atoms with van der Waals surface area (Å²) in [4.78, 5) is 10.5. The van der Waals surface area contributed by atoms with Gasteiger partial charge in [0, 0.05) is 6.04 Å². The van der Waals surface area contributed by atoms with E-state index in [-0.39, 0.29) is 17.4 Å². The fourth-order valence-corrected chi connectivity index (χ4v) is 2.02. The molecule has 0 bridgehead atoms. The maximum absolute atomic E-state index is 10.5. The Morgan fingerprint density at radius 1 is 1.70 bits per heavy atom. The lowest BCUT2D eigenvalue weighted by Gasteiger charge is -2.34. The number of carboxylic acids is 1. The Kier molecular flexibility index (Phi) is 0.944. The van der Waals surface area contributed by atoms with Crippen molar-refractivity contribution in [2.75, 3.05) is 0 Å². The maximum atomic E-state index is 10.5. The van der Waals surface area contributed by atoms with Gasteiger partial charge in [0.05, 0.1) is 5.92 Å². The van der Waals surface area contributed by atoms with Gasteiger partial charge in [-0.2, -0.15) is 0 Å². The highest BCUT2D eigenvalue weighted by Gasteiger charge is 2.65. The normalized spacial score (nSPS) is 50.5. The zero-order valence-corrected chi connectivity index (χ0v) is 5.71. The molecule has 0 aromatic carbocycles. The molecule has 3 nitrogen and oxygen atoms in total. The number of carboxylic acid groups (broad SMARTS) is 1. The van der Waals surface area contributed by atoms with Crippen molar-refractivity contribution in [1.29, 1.82) is 0 Å². The van der Waals surface area contributed by atoms with E-state index in [0.29, 0.717) is 0 Å². The second-order valence-corrected chi connectivity index (χ2v) is 3.47. The first-order chi connectivity index (χ1) is 4.67. The molecule has 3 atom stereocenters. The quantitative estimate of drug-likeness (QED) is 0.548. The van der Waals surface area contributed by atoms with Gasteiger partial charge in [-0.05, 0) is 24.7 Å². The van der Waals surface area contributed by atoms with E-state index in [9.17, 15) is 4.79 Å². The molecule has 0 saturated heterocycles. The maximum Gasteiger partial charge on any atom is 0.307 e. The molecule has 3 unspecified atom stereocenters. The molecule has 3 heteroatoms. The molecule has 2 aliphatic carbocycles. The van der Waals surface area contributed by atoms with E-state index in [1.54, 1.807) is 0 Å². The lowest BCUT2D eigenvalue weighted by atomic mass is 9.75. The molecule has 0 aliphatic heterocycles. The minimum Gasteiger partial charge on any atom is -0.481 e. The van der Waals surface area contributed by atoms with Crippen LogP contribution >= 0.6 is 0 Å². The highest BCUT2D eigenvalue weighted by molar-refractivity contribution is 5.75. The lowest BCUT2D eigenvalue weighted by molar-refractivity contribution is -0.140. The standard InChI is InChI=1S/C7H11NO2/c8-5-1-2-7(5)3-4(7)6(9)10/h4-5H,1-3,8H2,(H,9,10). The molecule has 3 N–H and O–H groups in total. The Bertz CT molecular complexity index is 192. The molecule has 0 amide bonds. The van der Waals surface area contributed by atoms with E-state index in [1.807, 2.05) is 0 Å². The van der Waals surface area contributed by atoms with Gasteiger partial charge < -0.3 is 10.8 Å². The van der Waals surface area contributed by atoms with Gasteiger partial charge in [0.25, 0.3) is 0 Å². The summed E-state index contributed by atoms with van der Waals surface area (Å²) in [5.41, 5.74) is 5.73. The predicted molar refractivity (Wildman–Crippen MR) is 35.4 cm³/mol. The number of aliphatic carboxylic acids is 1. The SMILES string of the molecule is NC1CCC12CC2C(=O)O. The van der Waals surface area contributed by atoms with Gasteiger partial charge in [0.15, 0.2) is 0 Å². The van der Waals surface area contributed by atoms with Crippen molar-refractivity contribution in [1.82, 2.24) is 0 Å². The molecule has 2 saturated carbocycles. The number of rotatable bonds is 1. The fraction of sp³-hybridized carbons (Fsp3) is 0.857. The van der Waals surface area contributed by atoms with E-state index in [0.717, 1.165) is 19.3 Å². The minimum absolute atomic E-state index is 0.0475. The van der Waals surface area contributed by atoms with Crippen LogP contribution in [0.4, 0.5) is 0 Å². The monoisotopic (exact) mass is 141 g/mol. The topological polar surface area (TPSA) is 63.3 Å². The molecule has 0 radical (unpaired) electrons. The third-order valence-electron chi connectivity index (χ3n) is 3.08. The summed E-state index contributed by atoms with van der Waals surface area (Å²) < 4.78 is 0. The van der Waals surface area contributed by atoms with Crippen LogP contribution in [0.3, 0.4) is 0 Å². The van der Waals surface area contributed by atoms with Crippen molar-refractivity contribution in [3.63, 3.8) is 0 Å². The van der Waals surface area contributed by atoms with Crippen molar-refractivity contribution < 1.29 is 9.90 Å². The number of hydrogen-bond acceptors (Lipinski definition) is 2. The van der Waals surface area contributed by atoms with E-state index in [2.05, 4.69) is 0 Å². The Balaban J connectivity index is 2.05. The van der Waals surface area contributed by atoms with Crippen LogP contribution in [0.5, 0.6) is 0 Å². The van der Waals surface area contributed by atoms with Gasteiger partial charge in [-0.3, -0.25) is 4.79 Å². The Morgan fingerprint density at radius 3 is 2.50 bits per heavy atom. The third-order valence-corrected chi connectivity index (χ3v) is 3.08. The molecule has 0 heterocycles. The number of nitrogens with two attached hydrogens (primary N) is 1. The Hall–Kier alpha value is -0.570. The van der Waals surface area contributed by atoms with Gasteiger partial charge in [-0.15, -0.1) is 0 Å². The van der Waals surface area contributed by atoms with E-state index in [1.165, 1.54) is 0 Å². The van der Waals surface area contributed by atoms with Gasteiger partial charge in [-0.1, -0.05) is 0 Å². The van der Waals surface area contributed by atoms with E-state index >= 15 is 0 Å². The molecule has 2 fully saturated rings. The predicted octanol–water partition coefficient (Wildman–Crippen LogP) is 0.198. The van der Waals surface area contributed by atoms with Gasteiger partial charge in [0.2, 0.25) is 0 Å². The second-order valence-electron chi connectivity index (χ2n) is 3.47. The van der Waals surface area contributed by atoms with Crippen molar-refractivity contribution in [3.8, 4) is 0 Å². The largest absolute Gasteiger partial charge is 0.481 e. The van der Waals surface area contributed by atoms with Crippen LogP contribution in [0.1, 0.15) is 19.3 Å². The van der Waals surface area contributed by atoms with Crippen molar-refractivity contribution >= 4 is 5.97 Å². The van der Waals surface area contributed by atoms with Gasteiger partial charge in [0.1, 0.15) is 0 Å². The van der Waals surface area contributed by atoms with Crippen LogP contribution in [-0.2, 0) is 4.79 Å². The summed E-state index contributed by atoms with van der Waals surface area (Å²) in [7, 11) is 0. The lowest BCUT2D eigenvalue weighted by Crippen LogP contribution is -2.43. The van der Waals surface area contributed by atoms with E-state index < -0.39 is 5.97 Å². The molecule has 1 spiro atoms. The van der Waals surface area contributed by atoms with Gasteiger partial charge in [-0.25, -0.2) is 0 Å². The van der Waals surface area contributed by atoms with Crippen molar-refractivity contribution in [3.05, 3.63) is 0 Å². The summed E-state index contributed by atoms with van der Waals surface area (Å²) >= 11 is 0. The van der Waals surface area contributed by atoms with Crippen LogP contribution in [0.25, 0.3) is 0 Å². The summed E-state index contributed by atoms with van der Waals surface area (Å²) in [6.07, 6.45) is 2.87. The molecule has 2 aliphatic rings. The third kappa shape index (κ3) is 0.515. The fourth-order valence-electron chi connectivity index (χ4n) is 2.02. The first kappa shape index (κ1) is 6.16. The number of hydrogen-bond donors (Lipinski definition) is 2. The Morgan fingerprint density at radius 2 is 2.40 bits per heavy atom. The van der Waals surface area contributed by atoms with Crippen LogP contribution in [0.2, 0.25) is 0 Å². The van der Waals surface area contributed by atoms with Crippen LogP contribution in [0, 0.1) is 11.3 Å². The first-order valence-corrected chi connectivity index (χ1v) is 3.65. The summed E-state index contributed by atoms with van der Waals surface area (Å²) in [6.45, 7) is 0. The zero-order valence-electron chi connectivity index (χ0n) is 5.71. The van der Waals surface area contributed by atoms with Crippen LogP contribution in [0.15, 0.2) is 0 Å². The summed E-state index contributed by atoms with van der Waals surface area (Å²) in [5, 5.41) is 8.62. The molecule has 56 valence electrons. The second kappa shape index (κ2) is 1.53. The molecule has 2 rings (SSSR count). The highest BCUT2D eigenvalue weighted by atomic mass is 16.4. The summed E-state index contributed by atoms with van der Waals surface area (Å²) in [6, 6.07) is 0.175. The van der Waals surface area contributed by atoms with E-state index in [4.69, 9.17) is 10.8 Å². The molecular weight excluding hydrogens is 130 g/mol. The molecule has 0 aromatic rings. The zero-order chi connectivity index (χ0) is 7.35. The summed E-state index contributed by atoms with van der Waals surface area (Å²) in [5.74, 6) is -0.772. The first-order valence-electron chi connectivity index (χ1n) is 3.65. The molecule has 10 heavy (non-hydrogen) atoms. The van der Waals surface area contributed by atoms with Crippen LogP contribution < -0.4 is 5.73 Å². The van der Waals surface area contributed by atoms with Crippen molar-refractivity contribution in [2.45, 2.75) is 25.3 Å². The smallest absolute Gasteiger partial charge is 0.307 e. The molecular formula is C7H11NO2. The minimum atomic E-state index is -0.657. The average molecular weight is 141 g/mol. The average Bonchev–Trinajstić information content (AvgIpc) is 2.60. The molecule has 0 aromatic heterocycles. The highest BCUT2D eigenvalue weighted by Crippen LogP contribution is 2.64. The van der Waals surface area contributed by atoms with Crippen molar-refractivity contribution in [2.24, 2.45) is 17.1 Å². The number of carbonyl (C=O) groups is 1.